The van der Waals surface area contributed by atoms with Crippen molar-refractivity contribution in [3.8, 4) is 11.1 Å². The Balaban J connectivity index is 1.23. The molecule has 2 fully saturated rings. The third kappa shape index (κ3) is 6.05. The van der Waals surface area contributed by atoms with E-state index in [9.17, 15) is 18.8 Å². The van der Waals surface area contributed by atoms with E-state index in [2.05, 4.69) is 47.4 Å². The first-order chi connectivity index (χ1) is 23.2. The number of aryl methyl sites for hydroxylation is 1. The second-order valence-corrected chi connectivity index (χ2v) is 13.7. The van der Waals surface area contributed by atoms with E-state index in [1.54, 1.807) is 42.4 Å². The number of aromatic nitrogens is 5. The molecule has 1 spiro atoms. The summed E-state index contributed by atoms with van der Waals surface area (Å²) in [5.41, 5.74) is 2.69. The molecule has 248 valence electrons. The summed E-state index contributed by atoms with van der Waals surface area (Å²) in [5, 5.41) is 7.97. The van der Waals surface area contributed by atoms with Gasteiger partial charge < -0.3 is 15.0 Å². The average molecular weight is 717 g/mol. The van der Waals surface area contributed by atoms with Gasteiger partial charge in [-0.25, -0.2) is 19.3 Å². The van der Waals surface area contributed by atoms with Crippen LogP contribution in [-0.4, -0.2) is 65.9 Å². The lowest BCUT2D eigenvalue weighted by atomic mass is 9.93. The lowest BCUT2D eigenvalue weighted by molar-refractivity contribution is -0.138. The minimum absolute atomic E-state index is 0.0983. The van der Waals surface area contributed by atoms with Crippen LogP contribution in [-0.2, 0) is 34.2 Å². The number of benzene rings is 1. The minimum Gasteiger partial charge on any atom is -0.373 e. The lowest BCUT2D eigenvalue weighted by Crippen LogP contribution is -2.47. The number of halogens is 2. The molecule has 1 saturated heterocycles. The second kappa shape index (κ2) is 12.9. The highest BCUT2D eigenvalue weighted by Crippen LogP contribution is 2.62. The van der Waals surface area contributed by atoms with Crippen molar-refractivity contribution >= 4 is 50.2 Å². The van der Waals surface area contributed by atoms with Crippen LogP contribution in [0.1, 0.15) is 66.5 Å². The molecule has 5 heterocycles. The summed E-state index contributed by atoms with van der Waals surface area (Å²) in [6.45, 7) is 2.80. The van der Waals surface area contributed by atoms with Gasteiger partial charge in [0.15, 0.2) is 5.78 Å². The molecule has 3 aromatic heterocycles. The molecular weight excluding hydrogens is 681 g/mol. The lowest BCUT2D eigenvalue weighted by Gasteiger charge is -2.27. The summed E-state index contributed by atoms with van der Waals surface area (Å²) in [5.74, 6) is 0.0343. The van der Waals surface area contributed by atoms with E-state index < -0.39 is 12.7 Å². The first-order valence-electron chi connectivity index (χ1n) is 16.1. The zero-order valence-electron chi connectivity index (χ0n) is 26.7. The third-order valence-corrected chi connectivity index (χ3v) is 10.1. The fourth-order valence-electron chi connectivity index (χ4n) is 7.26. The number of nitrogens with zero attached hydrogens (tertiary/aromatic N) is 6. The van der Waals surface area contributed by atoms with E-state index in [4.69, 9.17) is 4.74 Å². The molecule has 1 aromatic carbocycles. The van der Waals surface area contributed by atoms with Crippen LogP contribution in [0, 0.1) is 12.3 Å². The van der Waals surface area contributed by atoms with E-state index in [1.807, 2.05) is 12.1 Å². The number of Topliss-reactive ketones (excluding diaryl/α,β-unsaturated/α-hetero) is 1. The molecule has 3 aliphatic rings. The van der Waals surface area contributed by atoms with Crippen LogP contribution in [0.5, 0.6) is 0 Å². The van der Waals surface area contributed by atoms with Crippen LogP contribution < -0.4 is 5.32 Å². The van der Waals surface area contributed by atoms with Gasteiger partial charge >= 0.3 is 0 Å². The SMILES string of the molecule is CC(=O)c1nn(CC(=O)N2[C@H]3C[C@@]4(CCCC=CCOCc5ccc(Br)nc5NC3=O)C[C@@H]24)c2c(CF)cc(-c3cnc(C)nc3)cc12. The number of carbonyl (C=O) groups excluding carboxylic acids is 3. The normalized spacial score (nSPS) is 22.4. The van der Waals surface area contributed by atoms with Crippen molar-refractivity contribution in [1.82, 2.24) is 29.6 Å². The van der Waals surface area contributed by atoms with Crippen molar-refractivity contribution in [2.45, 2.75) is 77.9 Å². The zero-order valence-corrected chi connectivity index (χ0v) is 28.3. The van der Waals surface area contributed by atoms with Gasteiger partial charge in [0.2, 0.25) is 11.8 Å². The van der Waals surface area contributed by atoms with Crippen molar-refractivity contribution in [3.63, 3.8) is 0 Å². The van der Waals surface area contributed by atoms with Crippen molar-refractivity contribution < 1.29 is 23.5 Å². The van der Waals surface area contributed by atoms with E-state index in [1.165, 1.54) is 11.6 Å². The molecule has 4 aromatic rings. The maximum absolute atomic E-state index is 14.7. The van der Waals surface area contributed by atoms with Crippen LogP contribution in [0.2, 0.25) is 0 Å². The fourth-order valence-corrected chi connectivity index (χ4v) is 7.57. The molecule has 2 aliphatic heterocycles. The topological polar surface area (TPSA) is 132 Å². The number of pyridine rings is 1. The number of carbonyl (C=O) groups is 3. The minimum atomic E-state index is -0.838. The van der Waals surface area contributed by atoms with Crippen LogP contribution in [0.25, 0.3) is 22.0 Å². The number of allylic oxidation sites excluding steroid dienone is 1. The Labute approximate surface area is 285 Å². The van der Waals surface area contributed by atoms with Gasteiger partial charge in [0.05, 0.1) is 18.7 Å². The summed E-state index contributed by atoms with van der Waals surface area (Å²) in [6.07, 6.45) is 11.5. The maximum atomic E-state index is 14.7. The fraction of sp³-hybridized carbons (Fsp3) is 0.400. The number of alkyl halides is 1. The summed E-state index contributed by atoms with van der Waals surface area (Å²) < 4.78 is 22.5. The summed E-state index contributed by atoms with van der Waals surface area (Å²) in [6, 6.07) is 6.26. The van der Waals surface area contributed by atoms with Crippen molar-refractivity contribution in [2.75, 3.05) is 11.9 Å². The van der Waals surface area contributed by atoms with Crippen LogP contribution in [0.3, 0.4) is 0 Å². The molecule has 13 heteroatoms. The highest BCUT2D eigenvalue weighted by atomic mass is 79.9. The second-order valence-electron chi connectivity index (χ2n) is 12.9. The van der Waals surface area contributed by atoms with Crippen LogP contribution in [0.15, 0.2) is 53.4 Å². The number of nitrogens with one attached hydrogen (secondary N) is 1. The number of hydrogen-bond donors (Lipinski definition) is 1. The zero-order chi connectivity index (χ0) is 33.6. The first-order valence-corrected chi connectivity index (χ1v) is 16.9. The number of anilines is 1. The quantitative estimate of drug-likeness (QED) is 0.154. The maximum Gasteiger partial charge on any atom is 0.248 e. The summed E-state index contributed by atoms with van der Waals surface area (Å²) in [4.78, 5) is 55.8. The van der Waals surface area contributed by atoms with Gasteiger partial charge in [-0.3, -0.25) is 19.1 Å². The van der Waals surface area contributed by atoms with Crippen molar-refractivity contribution in [2.24, 2.45) is 5.41 Å². The smallest absolute Gasteiger partial charge is 0.248 e. The number of piperidine rings is 1. The number of rotatable bonds is 5. The number of hydrogen-bond acceptors (Lipinski definition) is 8. The van der Waals surface area contributed by atoms with Crippen LogP contribution in [0.4, 0.5) is 10.2 Å². The Morgan fingerprint density at radius 3 is 2.73 bits per heavy atom. The molecule has 1 saturated carbocycles. The molecule has 1 N–H and O–H groups in total. The number of amides is 2. The Morgan fingerprint density at radius 2 is 1.96 bits per heavy atom. The molecule has 48 heavy (non-hydrogen) atoms. The van der Waals surface area contributed by atoms with Crippen LogP contribution >= 0.6 is 15.9 Å². The van der Waals surface area contributed by atoms with Gasteiger partial charge in [-0.05, 0) is 84.1 Å². The highest BCUT2D eigenvalue weighted by molar-refractivity contribution is 9.10. The third-order valence-electron chi connectivity index (χ3n) is 9.68. The Bertz CT molecular complexity index is 1960. The molecule has 11 nitrogen and oxygen atoms in total. The average Bonchev–Trinajstić information content (AvgIpc) is 3.47. The Hall–Kier alpha value is -4.36. The monoisotopic (exact) mass is 715 g/mol. The van der Waals surface area contributed by atoms with E-state index in [0.29, 0.717) is 51.3 Å². The number of likely N-dealkylation sites (tertiary alicyclic amines) is 1. The Morgan fingerprint density at radius 1 is 1.15 bits per heavy atom. The van der Waals surface area contributed by atoms with Gasteiger partial charge in [-0.15, -0.1) is 0 Å². The van der Waals surface area contributed by atoms with Gasteiger partial charge in [0.25, 0.3) is 0 Å². The summed E-state index contributed by atoms with van der Waals surface area (Å²) in [7, 11) is 0. The molecule has 3 atom stereocenters. The molecule has 1 aliphatic carbocycles. The van der Waals surface area contributed by atoms with Gasteiger partial charge in [0, 0.05) is 47.4 Å². The molecule has 2 bridgehead atoms. The summed E-state index contributed by atoms with van der Waals surface area (Å²) >= 11 is 3.40. The first kappa shape index (κ1) is 32.2. The largest absolute Gasteiger partial charge is 0.373 e. The van der Waals surface area contributed by atoms with Gasteiger partial charge in [-0.2, -0.15) is 5.10 Å². The molecular formula is C35H35BrFN7O4. The molecule has 0 radical (unpaired) electrons. The van der Waals surface area contributed by atoms with Gasteiger partial charge in [-0.1, -0.05) is 18.2 Å². The number of fused-ring (bicyclic) bond motifs is 3. The predicted octanol–water partition coefficient (Wildman–Crippen LogP) is 5.89. The van der Waals surface area contributed by atoms with E-state index in [-0.39, 0.29) is 53.5 Å². The van der Waals surface area contributed by atoms with E-state index in [0.717, 1.165) is 31.2 Å². The number of ether oxygens (including phenoxy) is 1. The molecule has 7 rings (SSSR count). The van der Waals surface area contributed by atoms with E-state index >= 15 is 0 Å². The number of ketones is 1. The predicted molar refractivity (Wildman–Crippen MR) is 180 cm³/mol. The standard InChI is InChI=1S/C35H35BrFN7O4/c1-20(45)31-26-12-23(25-16-38-21(2)39-17-25)11-24(15-37)32(26)43(42-31)18-30(46)44-27-13-35(14-28(35)44)9-5-3-4-6-10-48-19-22-7-8-29(36)40-33(22)41-34(27)47/h4,6-8,11-12,16-17,27-28H,3,5,9-10,13-15,18-19H2,1-2H3,(H,40,41,47)/t27-,28+,35-/m0/s1. The van der Waals surface area contributed by atoms with Crippen molar-refractivity contribution in [1.29, 1.82) is 0 Å². The molecule has 0 unspecified atom stereocenters. The van der Waals surface area contributed by atoms with Gasteiger partial charge in [0.1, 0.15) is 41.2 Å². The molecule has 2 amide bonds. The Kier molecular flexibility index (Phi) is 8.67. The highest BCUT2D eigenvalue weighted by Gasteiger charge is 2.66. The van der Waals surface area contributed by atoms with Crippen molar-refractivity contribution in [3.05, 3.63) is 76.1 Å².